The maximum atomic E-state index is 13.8. The van der Waals surface area contributed by atoms with Crippen LogP contribution in [0.2, 0.25) is 0 Å². The standard InChI is InChI=1S/C17H21FN2O3/c1-11(15-7-4-8-23-15)19-17(22)12-9-16(21)20(10-12)14-6-3-2-5-13(14)18/h2-3,5-6,11-12,15H,4,7-10H2,1H3,(H,19,22). The van der Waals surface area contributed by atoms with Crippen LogP contribution < -0.4 is 10.2 Å². The molecule has 0 radical (unpaired) electrons. The van der Waals surface area contributed by atoms with Crippen molar-refractivity contribution in [2.45, 2.75) is 38.3 Å². The van der Waals surface area contributed by atoms with E-state index in [4.69, 9.17) is 4.74 Å². The number of carbonyl (C=O) groups is 2. The molecule has 1 aromatic rings. The van der Waals surface area contributed by atoms with Gasteiger partial charge >= 0.3 is 0 Å². The Morgan fingerprint density at radius 1 is 1.43 bits per heavy atom. The fourth-order valence-electron chi connectivity index (χ4n) is 3.22. The average Bonchev–Trinajstić information content (AvgIpc) is 3.17. The zero-order valence-corrected chi connectivity index (χ0v) is 13.1. The largest absolute Gasteiger partial charge is 0.376 e. The Morgan fingerprint density at radius 3 is 2.91 bits per heavy atom. The van der Waals surface area contributed by atoms with E-state index in [9.17, 15) is 14.0 Å². The molecule has 5 nitrogen and oxygen atoms in total. The third-order valence-electron chi connectivity index (χ3n) is 4.53. The summed E-state index contributed by atoms with van der Waals surface area (Å²) in [6.45, 7) is 2.86. The van der Waals surface area contributed by atoms with Gasteiger partial charge < -0.3 is 15.0 Å². The molecule has 6 heteroatoms. The third kappa shape index (κ3) is 3.37. The second-order valence-corrected chi connectivity index (χ2v) is 6.21. The normalized spacial score (nSPS) is 25.7. The molecular formula is C17H21FN2O3. The van der Waals surface area contributed by atoms with E-state index in [0.29, 0.717) is 0 Å². The third-order valence-corrected chi connectivity index (χ3v) is 4.53. The summed E-state index contributed by atoms with van der Waals surface area (Å²) in [6.07, 6.45) is 2.09. The minimum Gasteiger partial charge on any atom is -0.376 e. The molecule has 2 saturated heterocycles. The van der Waals surface area contributed by atoms with Gasteiger partial charge in [-0.25, -0.2) is 4.39 Å². The Morgan fingerprint density at radius 2 is 2.22 bits per heavy atom. The van der Waals surface area contributed by atoms with Gasteiger partial charge in [-0.2, -0.15) is 0 Å². The van der Waals surface area contributed by atoms with Crippen molar-refractivity contribution in [2.24, 2.45) is 5.92 Å². The highest BCUT2D eigenvalue weighted by Crippen LogP contribution is 2.27. The number of hydrogen-bond donors (Lipinski definition) is 1. The molecular weight excluding hydrogens is 299 g/mol. The second kappa shape index (κ2) is 6.66. The Hall–Kier alpha value is -1.95. The Balaban J connectivity index is 1.62. The average molecular weight is 320 g/mol. The van der Waals surface area contributed by atoms with Crippen LogP contribution in [0.3, 0.4) is 0 Å². The van der Waals surface area contributed by atoms with Gasteiger partial charge in [0.25, 0.3) is 0 Å². The van der Waals surface area contributed by atoms with Crippen LogP contribution in [0, 0.1) is 11.7 Å². The molecule has 3 rings (SSSR count). The molecule has 1 aromatic carbocycles. The number of nitrogens with one attached hydrogen (secondary N) is 1. The lowest BCUT2D eigenvalue weighted by molar-refractivity contribution is -0.127. The summed E-state index contributed by atoms with van der Waals surface area (Å²) in [5.41, 5.74) is 0.236. The van der Waals surface area contributed by atoms with E-state index in [2.05, 4.69) is 5.32 Å². The minimum absolute atomic E-state index is 0.0405. The number of benzene rings is 1. The number of hydrogen-bond acceptors (Lipinski definition) is 3. The molecule has 3 atom stereocenters. The molecule has 0 aromatic heterocycles. The van der Waals surface area contributed by atoms with Crippen LogP contribution in [0.15, 0.2) is 24.3 Å². The van der Waals surface area contributed by atoms with E-state index in [1.54, 1.807) is 18.2 Å². The van der Waals surface area contributed by atoms with E-state index in [1.165, 1.54) is 11.0 Å². The van der Waals surface area contributed by atoms with Gasteiger partial charge in [-0.3, -0.25) is 9.59 Å². The van der Waals surface area contributed by atoms with Gasteiger partial charge in [-0.05, 0) is 31.9 Å². The van der Waals surface area contributed by atoms with Crippen LogP contribution >= 0.6 is 0 Å². The molecule has 23 heavy (non-hydrogen) atoms. The van der Waals surface area contributed by atoms with Crippen LogP contribution in [-0.4, -0.2) is 37.1 Å². The monoisotopic (exact) mass is 320 g/mol. The SMILES string of the molecule is CC(NC(=O)C1CC(=O)N(c2ccccc2F)C1)C1CCCO1. The molecule has 0 spiro atoms. The molecule has 2 amide bonds. The van der Waals surface area contributed by atoms with Gasteiger partial charge in [0.1, 0.15) is 5.82 Å². The summed E-state index contributed by atoms with van der Waals surface area (Å²) in [6, 6.07) is 6.05. The molecule has 3 unspecified atom stereocenters. The summed E-state index contributed by atoms with van der Waals surface area (Å²) in [5.74, 6) is -1.29. The smallest absolute Gasteiger partial charge is 0.227 e. The van der Waals surface area contributed by atoms with Crippen molar-refractivity contribution in [3.63, 3.8) is 0 Å². The fraction of sp³-hybridized carbons (Fsp3) is 0.529. The van der Waals surface area contributed by atoms with Gasteiger partial charge in [0.05, 0.1) is 23.8 Å². The van der Waals surface area contributed by atoms with Crippen molar-refractivity contribution in [3.05, 3.63) is 30.1 Å². The van der Waals surface area contributed by atoms with Gasteiger partial charge in [0.2, 0.25) is 11.8 Å². The van der Waals surface area contributed by atoms with E-state index >= 15 is 0 Å². The van der Waals surface area contributed by atoms with Gasteiger partial charge in [0, 0.05) is 19.6 Å². The van der Waals surface area contributed by atoms with Crippen molar-refractivity contribution in [2.75, 3.05) is 18.1 Å². The predicted octanol–water partition coefficient (Wildman–Crippen LogP) is 1.86. The molecule has 2 heterocycles. The highest BCUT2D eigenvalue weighted by atomic mass is 19.1. The summed E-state index contributed by atoms with van der Waals surface area (Å²) in [5, 5.41) is 2.93. The maximum Gasteiger partial charge on any atom is 0.227 e. The second-order valence-electron chi connectivity index (χ2n) is 6.21. The molecule has 2 fully saturated rings. The molecule has 0 saturated carbocycles. The Labute approximate surface area is 134 Å². The van der Waals surface area contributed by atoms with Gasteiger partial charge in [-0.1, -0.05) is 12.1 Å². The number of halogens is 1. The van der Waals surface area contributed by atoms with Crippen LogP contribution in [-0.2, 0) is 14.3 Å². The van der Waals surface area contributed by atoms with E-state index < -0.39 is 11.7 Å². The zero-order chi connectivity index (χ0) is 16.4. The lowest BCUT2D eigenvalue weighted by Crippen LogP contribution is -2.44. The van der Waals surface area contributed by atoms with Crippen LogP contribution in [0.25, 0.3) is 0 Å². The first kappa shape index (κ1) is 15.9. The Kier molecular flexibility index (Phi) is 4.61. The number of anilines is 1. The van der Waals surface area contributed by atoms with Crippen LogP contribution in [0.4, 0.5) is 10.1 Å². The van der Waals surface area contributed by atoms with Crippen molar-refractivity contribution in [3.8, 4) is 0 Å². The highest BCUT2D eigenvalue weighted by Gasteiger charge is 2.37. The number of nitrogens with zero attached hydrogens (tertiary/aromatic N) is 1. The molecule has 2 aliphatic heterocycles. The van der Waals surface area contributed by atoms with E-state index in [0.717, 1.165) is 19.4 Å². The molecule has 1 N–H and O–H groups in total. The molecule has 0 bridgehead atoms. The molecule has 0 aliphatic carbocycles. The molecule has 124 valence electrons. The number of carbonyl (C=O) groups excluding carboxylic acids is 2. The maximum absolute atomic E-state index is 13.8. The topological polar surface area (TPSA) is 58.6 Å². The summed E-state index contributed by atoms with van der Waals surface area (Å²) >= 11 is 0. The molecule has 2 aliphatic rings. The first-order valence-corrected chi connectivity index (χ1v) is 8.03. The van der Waals surface area contributed by atoms with Crippen LogP contribution in [0.1, 0.15) is 26.2 Å². The zero-order valence-electron chi connectivity index (χ0n) is 13.1. The van der Waals surface area contributed by atoms with Crippen molar-refractivity contribution >= 4 is 17.5 Å². The highest BCUT2D eigenvalue weighted by molar-refractivity contribution is 6.00. The lowest BCUT2D eigenvalue weighted by atomic mass is 10.1. The first-order valence-electron chi connectivity index (χ1n) is 8.03. The number of para-hydroxylation sites is 1. The van der Waals surface area contributed by atoms with E-state index in [-0.39, 0.29) is 42.6 Å². The number of amides is 2. The summed E-state index contributed by atoms with van der Waals surface area (Å²) in [7, 11) is 0. The van der Waals surface area contributed by atoms with E-state index in [1.807, 2.05) is 6.92 Å². The van der Waals surface area contributed by atoms with Crippen molar-refractivity contribution in [1.29, 1.82) is 0 Å². The number of rotatable bonds is 4. The van der Waals surface area contributed by atoms with Crippen molar-refractivity contribution in [1.82, 2.24) is 5.32 Å². The summed E-state index contributed by atoms with van der Waals surface area (Å²) < 4.78 is 19.4. The quantitative estimate of drug-likeness (QED) is 0.921. The van der Waals surface area contributed by atoms with Gasteiger partial charge in [-0.15, -0.1) is 0 Å². The first-order chi connectivity index (χ1) is 11.1. The minimum atomic E-state index is -0.453. The van der Waals surface area contributed by atoms with Crippen LogP contribution in [0.5, 0.6) is 0 Å². The number of ether oxygens (including phenoxy) is 1. The lowest BCUT2D eigenvalue weighted by Gasteiger charge is -2.22. The summed E-state index contributed by atoms with van der Waals surface area (Å²) in [4.78, 5) is 25.9. The van der Waals surface area contributed by atoms with Gasteiger partial charge in [0.15, 0.2) is 0 Å². The Bertz CT molecular complexity index is 601. The van der Waals surface area contributed by atoms with Crippen molar-refractivity contribution < 1.29 is 18.7 Å². The fourth-order valence-corrected chi connectivity index (χ4v) is 3.22. The predicted molar refractivity (Wildman–Crippen MR) is 83.4 cm³/mol.